The molecule has 8 heteroatoms. The number of thiophene rings is 1. The monoisotopic (exact) mass is 418 g/mol. The Kier molecular flexibility index (Phi) is 5.84. The summed E-state index contributed by atoms with van der Waals surface area (Å²) in [4.78, 5) is 7.82. The molecule has 0 amide bonds. The van der Waals surface area contributed by atoms with Crippen molar-refractivity contribution in [2.45, 2.75) is 32.1 Å². The number of aromatic nitrogens is 1. The number of piperidine rings is 1. The molecule has 0 unspecified atom stereocenters. The molecule has 0 spiro atoms. The molecule has 4 rings (SSSR count). The molecule has 0 bridgehead atoms. The Labute approximate surface area is 172 Å². The number of benzene rings is 1. The summed E-state index contributed by atoms with van der Waals surface area (Å²) in [6.45, 7) is 3.76. The van der Waals surface area contributed by atoms with Crippen molar-refractivity contribution in [1.29, 1.82) is 0 Å². The molecule has 0 aliphatic carbocycles. The number of hydrogen-bond donors (Lipinski definition) is 1. The first kappa shape index (κ1) is 19.9. The number of aliphatic hydroxyl groups excluding tert-OH is 1. The second-order valence-corrected chi connectivity index (χ2v) is 7.99. The lowest BCUT2D eigenvalue weighted by molar-refractivity contribution is -0.0279. The van der Waals surface area contributed by atoms with Crippen molar-refractivity contribution in [2.24, 2.45) is 0 Å². The third kappa shape index (κ3) is 4.44. The van der Waals surface area contributed by atoms with Gasteiger partial charge in [0.15, 0.2) is 11.5 Å². The molecule has 1 saturated heterocycles. The number of halogens is 1. The quantitative estimate of drug-likeness (QED) is 0.655. The number of rotatable bonds is 6. The number of hydrogen-bond acceptors (Lipinski definition) is 7. The average Bonchev–Trinajstić information content (AvgIpc) is 3.36. The highest BCUT2D eigenvalue weighted by Gasteiger charge is 2.31. The second-order valence-electron chi connectivity index (χ2n) is 7.04. The van der Waals surface area contributed by atoms with Gasteiger partial charge in [0.05, 0.1) is 23.8 Å². The summed E-state index contributed by atoms with van der Waals surface area (Å²) in [6, 6.07) is 8.06. The van der Waals surface area contributed by atoms with E-state index >= 15 is 0 Å². The third-order valence-corrected chi connectivity index (χ3v) is 5.87. The van der Waals surface area contributed by atoms with Gasteiger partial charge in [0.2, 0.25) is 5.89 Å². The Bertz CT molecular complexity index is 960. The van der Waals surface area contributed by atoms with Gasteiger partial charge in [-0.25, -0.2) is 9.37 Å². The molecular formula is C21H23FN2O4S. The zero-order valence-electron chi connectivity index (χ0n) is 16.3. The van der Waals surface area contributed by atoms with Gasteiger partial charge in [0, 0.05) is 25.7 Å². The Balaban J connectivity index is 1.45. The van der Waals surface area contributed by atoms with Crippen LogP contribution in [0.1, 0.15) is 17.9 Å². The second kappa shape index (κ2) is 8.52. The van der Waals surface area contributed by atoms with Crippen LogP contribution in [0, 0.1) is 12.7 Å². The van der Waals surface area contributed by atoms with Crippen LogP contribution in [0.5, 0.6) is 11.5 Å². The topological polar surface area (TPSA) is 68.0 Å². The van der Waals surface area contributed by atoms with Crippen molar-refractivity contribution in [3.8, 4) is 22.3 Å². The first-order valence-electron chi connectivity index (χ1n) is 9.44. The fourth-order valence-electron chi connectivity index (χ4n) is 3.42. The molecule has 1 aliphatic rings. The fourth-order valence-corrected chi connectivity index (χ4v) is 4.07. The first-order chi connectivity index (χ1) is 14.0. The molecule has 154 valence electrons. The Morgan fingerprint density at radius 2 is 2.21 bits per heavy atom. The highest BCUT2D eigenvalue weighted by Crippen LogP contribution is 2.31. The number of aryl methyl sites for hydroxylation is 1. The van der Waals surface area contributed by atoms with Gasteiger partial charge in [-0.3, -0.25) is 4.90 Å². The van der Waals surface area contributed by atoms with Crippen molar-refractivity contribution in [2.75, 3.05) is 20.2 Å². The largest absolute Gasteiger partial charge is 0.493 e. The van der Waals surface area contributed by atoms with Crippen LogP contribution in [0.2, 0.25) is 0 Å². The molecule has 1 aromatic carbocycles. The third-order valence-electron chi connectivity index (χ3n) is 5.01. The van der Waals surface area contributed by atoms with Crippen LogP contribution < -0.4 is 9.47 Å². The predicted octanol–water partition coefficient (Wildman–Crippen LogP) is 3.87. The van der Waals surface area contributed by atoms with E-state index in [1.807, 2.05) is 24.4 Å². The fraction of sp³-hybridized carbons (Fsp3) is 0.381. The summed E-state index contributed by atoms with van der Waals surface area (Å²) < 4.78 is 30.4. The Hall–Kier alpha value is -2.42. The van der Waals surface area contributed by atoms with E-state index in [2.05, 4.69) is 9.88 Å². The van der Waals surface area contributed by atoms with Gasteiger partial charge in [0.25, 0.3) is 0 Å². The van der Waals surface area contributed by atoms with Crippen LogP contribution >= 0.6 is 11.3 Å². The summed E-state index contributed by atoms with van der Waals surface area (Å²) in [5.41, 5.74) is 0.878. The molecule has 2 aromatic heterocycles. The Morgan fingerprint density at radius 1 is 1.34 bits per heavy atom. The van der Waals surface area contributed by atoms with E-state index in [1.54, 1.807) is 11.3 Å². The van der Waals surface area contributed by atoms with Crippen molar-refractivity contribution >= 4 is 11.3 Å². The van der Waals surface area contributed by atoms with E-state index in [9.17, 15) is 9.50 Å². The Morgan fingerprint density at radius 3 is 2.97 bits per heavy atom. The minimum absolute atomic E-state index is 0.308. The summed E-state index contributed by atoms with van der Waals surface area (Å²) >= 11 is 1.59. The lowest BCUT2D eigenvalue weighted by Crippen LogP contribution is -2.49. The van der Waals surface area contributed by atoms with Crippen LogP contribution in [0.4, 0.5) is 4.39 Å². The number of oxazole rings is 1. The molecule has 1 fully saturated rings. The standard InChI is InChI=1S/C21H23FN2O4S/c1-13-15(23-21(27-13)20-4-3-9-29-20)11-24-8-7-16(25)19(12-24)28-17-6-5-14(22)10-18(17)26-2/h3-6,9-10,16,19,25H,7-8,11-12H2,1-2H3/t16-,19-/m1/s1. The smallest absolute Gasteiger partial charge is 0.236 e. The van der Waals surface area contributed by atoms with Crippen LogP contribution in [-0.2, 0) is 6.54 Å². The summed E-state index contributed by atoms with van der Waals surface area (Å²) in [5, 5.41) is 12.4. The van der Waals surface area contributed by atoms with Crippen LogP contribution in [0.3, 0.4) is 0 Å². The molecule has 0 saturated carbocycles. The minimum atomic E-state index is -0.610. The van der Waals surface area contributed by atoms with Crippen molar-refractivity contribution in [1.82, 2.24) is 9.88 Å². The van der Waals surface area contributed by atoms with E-state index in [0.29, 0.717) is 36.9 Å². The summed E-state index contributed by atoms with van der Waals surface area (Å²) in [6.07, 6.45) is -0.490. The first-order valence-corrected chi connectivity index (χ1v) is 10.3. The summed E-state index contributed by atoms with van der Waals surface area (Å²) in [5.74, 6) is 1.74. The van der Waals surface area contributed by atoms with E-state index in [4.69, 9.17) is 13.9 Å². The van der Waals surface area contributed by atoms with E-state index in [0.717, 1.165) is 22.9 Å². The van der Waals surface area contributed by atoms with E-state index in [-0.39, 0.29) is 0 Å². The van der Waals surface area contributed by atoms with Gasteiger partial charge in [0.1, 0.15) is 17.7 Å². The van der Waals surface area contributed by atoms with Gasteiger partial charge < -0.3 is 19.0 Å². The molecule has 6 nitrogen and oxygen atoms in total. The molecule has 3 aromatic rings. The van der Waals surface area contributed by atoms with E-state index < -0.39 is 18.0 Å². The molecule has 1 N–H and O–H groups in total. The van der Waals surface area contributed by atoms with Crippen molar-refractivity contribution < 1.29 is 23.4 Å². The molecule has 3 heterocycles. The van der Waals surface area contributed by atoms with Gasteiger partial charge in [-0.1, -0.05) is 6.07 Å². The van der Waals surface area contributed by atoms with Crippen LogP contribution in [0.25, 0.3) is 10.8 Å². The maximum atomic E-state index is 13.4. The zero-order chi connectivity index (χ0) is 20.4. The number of ether oxygens (including phenoxy) is 2. The predicted molar refractivity (Wildman–Crippen MR) is 108 cm³/mol. The minimum Gasteiger partial charge on any atom is -0.493 e. The van der Waals surface area contributed by atoms with Gasteiger partial charge in [-0.2, -0.15) is 0 Å². The summed E-state index contributed by atoms with van der Waals surface area (Å²) in [7, 11) is 1.46. The van der Waals surface area contributed by atoms with E-state index in [1.165, 1.54) is 25.3 Å². The van der Waals surface area contributed by atoms with Crippen LogP contribution in [-0.4, -0.2) is 47.4 Å². The van der Waals surface area contributed by atoms with Crippen molar-refractivity contribution in [3.05, 3.63) is 53.0 Å². The maximum absolute atomic E-state index is 13.4. The van der Waals surface area contributed by atoms with Crippen LogP contribution in [0.15, 0.2) is 40.1 Å². The van der Waals surface area contributed by atoms with Crippen molar-refractivity contribution in [3.63, 3.8) is 0 Å². The maximum Gasteiger partial charge on any atom is 0.236 e. The SMILES string of the molecule is COc1cc(F)ccc1O[C@@H]1CN(Cc2nc(-c3cccs3)oc2C)CC[C@H]1O. The number of methoxy groups -OCH3 is 1. The number of aliphatic hydroxyl groups is 1. The van der Waals surface area contributed by atoms with Gasteiger partial charge in [-0.15, -0.1) is 11.3 Å². The molecular weight excluding hydrogens is 395 g/mol. The molecule has 2 atom stereocenters. The number of likely N-dealkylation sites (tertiary alicyclic amines) is 1. The van der Waals surface area contributed by atoms with Gasteiger partial charge in [-0.05, 0) is 36.9 Å². The highest BCUT2D eigenvalue weighted by molar-refractivity contribution is 7.13. The molecule has 29 heavy (non-hydrogen) atoms. The van der Waals surface area contributed by atoms with Gasteiger partial charge >= 0.3 is 0 Å². The normalized spacial score (nSPS) is 20.0. The highest BCUT2D eigenvalue weighted by atomic mass is 32.1. The molecule has 0 radical (unpaired) electrons. The lowest BCUT2D eigenvalue weighted by Gasteiger charge is -2.36. The lowest BCUT2D eigenvalue weighted by atomic mass is 10.0. The zero-order valence-corrected chi connectivity index (χ0v) is 17.1. The molecule has 1 aliphatic heterocycles. The average molecular weight is 418 g/mol. The number of nitrogens with zero attached hydrogens (tertiary/aromatic N) is 2.